The van der Waals surface area contributed by atoms with Crippen LogP contribution in [0.4, 0.5) is 5.69 Å². The smallest absolute Gasteiger partial charge is 0.254 e. The van der Waals surface area contributed by atoms with Crippen LogP contribution in [-0.4, -0.2) is 68.0 Å². The lowest BCUT2D eigenvalue weighted by Gasteiger charge is -2.36. The van der Waals surface area contributed by atoms with Crippen LogP contribution >= 0.6 is 0 Å². The fourth-order valence-corrected chi connectivity index (χ4v) is 4.12. The molecule has 6 heteroatoms. The molecule has 0 aliphatic carbocycles. The van der Waals surface area contributed by atoms with E-state index in [0.29, 0.717) is 44.0 Å². The average molecular weight is 393 g/mol. The Bertz CT molecular complexity index is 890. The van der Waals surface area contributed by atoms with E-state index < -0.39 is 0 Å². The van der Waals surface area contributed by atoms with E-state index in [1.807, 2.05) is 46.2 Å². The van der Waals surface area contributed by atoms with Gasteiger partial charge in [0.1, 0.15) is 5.75 Å². The monoisotopic (exact) mass is 393 g/mol. The molecule has 29 heavy (non-hydrogen) atoms. The van der Waals surface area contributed by atoms with Gasteiger partial charge in [-0.3, -0.25) is 14.5 Å². The normalized spacial score (nSPS) is 17.0. The van der Waals surface area contributed by atoms with Crippen LogP contribution in [0.1, 0.15) is 22.3 Å². The van der Waals surface area contributed by atoms with Gasteiger partial charge in [-0.15, -0.1) is 0 Å². The average Bonchev–Trinajstić information content (AvgIpc) is 2.78. The molecule has 6 nitrogen and oxygen atoms in total. The summed E-state index contributed by atoms with van der Waals surface area (Å²) in [6.07, 6.45) is 2.04. The maximum atomic E-state index is 12.9. The van der Waals surface area contributed by atoms with Crippen molar-refractivity contribution in [2.45, 2.75) is 12.8 Å². The van der Waals surface area contributed by atoms with Gasteiger partial charge in [-0.25, -0.2) is 0 Å². The second kappa shape index (κ2) is 8.66. The molecule has 2 amide bonds. The summed E-state index contributed by atoms with van der Waals surface area (Å²) < 4.78 is 5.21. The lowest BCUT2D eigenvalue weighted by Crippen LogP contribution is -2.52. The van der Waals surface area contributed by atoms with E-state index in [1.165, 1.54) is 5.56 Å². The van der Waals surface area contributed by atoms with Crippen LogP contribution in [0.5, 0.6) is 5.75 Å². The molecule has 1 saturated heterocycles. The van der Waals surface area contributed by atoms with E-state index in [1.54, 1.807) is 13.2 Å². The predicted molar refractivity (Wildman–Crippen MR) is 112 cm³/mol. The molecule has 0 aromatic heterocycles. The molecular weight excluding hydrogens is 366 g/mol. The predicted octanol–water partition coefficient (Wildman–Crippen LogP) is 2.43. The van der Waals surface area contributed by atoms with E-state index >= 15 is 0 Å². The van der Waals surface area contributed by atoms with Gasteiger partial charge in [0, 0.05) is 44.0 Å². The molecular formula is C23H27N3O3. The van der Waals surface area contributed by atoms with Gasteiger partial charge < -0.3 is 14.5 Å². The molecule has 2 aliphatic heterocycles. The standard InChI is InChI=1S/C23H27N3O3/c1-29-20-9-4-7-19(16-20)23(28)25-14-12-24(13-15-25)17-22(27)26-11-5-8-18-6-2-3-10-21(18)26/h2-4,6-7,9-10,16H,5,8,11-15,17H2,1H3. The summed E-state index contributed by atoms with van der Waals surface area (Å²) in [6, 6.07) is 15.4. The van der Waals surface area contributed by atoms with Gasteiger partial charge in [0.2, 0.25) is 5.91 Å². The Balaban J connectivity index is 1.33. The first-order valence-electron chi connectivity index (χ1n) is 10.2. The SMILES string of the molecule is COc1cccc(C(=O)N2CCN(CC(=O)N3CCCc4ccccc43)CC2)c1. The molecule has 0 spiro atoms. The van der Waals surface area contributed by atoms with Crippen molar-refractivity contribution >= 4 is 17.5 Å². The third-order valence-corrected chi connectivity index (χ3v) is 5.75. The van der Waals surface area contributed by atoms with Crippen molar-refractivity contribution < 1.29 is 14.3 Å². The van der Waals surface area contributed by atoms with Crippen LogP contribution in [-0.2, 0) is 11.2 Å². The summed E-state index contributed by atoms with van der Waals surface area (Å²) >= 11 is 0. The second-order valence-corrected chi connectivity index (χ2v) is 7.58. The fraction of sp³-hybridized carbons (Fsp3) is 0.391. The minimum absolute atomic E-state index is 0.0137. The highest BCUT2D eigenvalue weighted by atomic mass is 16.5. The maximum absolute atomic E-state index is 12.9. The Hall–Kier alpha value is -2.86. The van der Waals surface area contributed by atoms with E-state index in [-0.39, 0.29) is 11.8 Å². The van der Waals surface area contributed by atoms with Crippen molar-refractivity contribution in [2.75, 3.05) is 51.3 Å². The quantitative estimate of drug-likeness (QED) is 0.801. The van der Waals surface area contributed by atoms with E-state index in [0.717, 1.165) is 25.1 Å². The summed E-state index contributed by atoms with van der Waals surface area (Å²) in [4.78, 5) is 31.6. The molecule has 4 rings (SSSR count). The van der Waals surface area contributed by atoms with Crippen LogP contribution in [0.2, 0.25) is 0 Å². The molecule has 1 fully saturated rings. The van der Waals surface area contributed by atoms with Crippen LogP contribution in [0, 0.1) is 0 Å². The Labute approximate surface area is 171 Å². The van der Waals surface area contributed by atoms with E-state index in [9.17, 15) is 9.59 Å². The van der Waals surface area contributed by atoms with Crippen LogP contribution < -0.4 is 9.64 Å². The van der Waals surface area contributed by atoms with Crippen LogP contribution in [0.25, 0.3) is 0 Å². The molecule has 152 valence electrons. The summed E-state index contributed by atoms with van der Waals surface area (Å²) in [5.74, 6) is 0.839. The van der Waals surface area contributed by atoms with Gasteiger partial charge in [0.05, 0.1) is 13.7 Å². The minimum Gasteiger partial charge on any atom is -0.497 e. The van der Waals surface area contributed by atoms with Crippen molar-refractivity contribution in [3.63, 3.8) is 0 Å². The number of amides is 2. The molecule has 0 atom stereocenters. The maximum Gasteiger partial charge on any atom is 0.254 e. The molecule has 0 unspecified atom stereocenters. The summed E-state index contributed by atoms with van der Waals surface area (Å²) in [6.45, 7) is 3.84. The number of hydrogen-bond acceptors (Lipinski definition) is 4. The number of ether oxygens (including phenoxy) is 1. The van der Waals surface area contributed by atoms with Gasteiger partial charge in [-0.1, -0.05) is 24.3 Å². The number of aryl methyl sites for hydroxylation is 1. The van der Waals surface area contributed by atoms with Crippen molar-refractivity contribution in [3.8, 4) is 5.75 Å². The summed E-state index contributed by atoms with van der Waals surface area (Å²) in [5.41, 5.74) is 2.94. The molecule has 0 radical (unpaired) electrons. The first kappa shape index (κ1) is 19.5. The number of rotatable bonds is 4. The minimum atomic E-state index is 0.0137. The summed E-state index contributed by atoms with van der Waals surface area (Å²) in [5, 5.41) is 0. The zero-order chi connectivity index (χ0) is 20.2. The Kier molecular flexibility index (Phi) is 5.81. The first-order chi connectivity index (χ1) is 14.2. The van der Waals surface area contributed by atoms with Crippen molar-refractivity contribution in [3.05, 3.63) is 59.7 Å². The zero-order valence-electron chi connectivity index (χ0n) is 16.8. The molecule has 0 bridgehead atoms. The fourth-order valence-electron chi connectivity index (χ4n) is 4.12. The molecule has 2 aliphatic rings. The van der Waals surface area contributed by atoms with Gasteiger partial charge >= 0.3 is 0 Å². The van der Waals surface area contributed by atoms with Crippen molar-refractivity contribution in [2.24, 2.45) is 0 Å². The van der Waals surface area contributed by atoms with Gasteiger partial charge in [-0.2, -0.15) is 0 Å². The highest BCUT2D eigenvalue weighted by molar-refractivity contribution is 5.96. The second-order valence-electron chi connectivity index (χ2n) is 7.58. The van der Waals surface area contributed by atoms with Crippen molar-refractivity contribution in [1.82, 2.24) is 9.80 Å². The van der Waals surface area contributed by atoms with E-state index in [2.05, 4.69) is 11.0 Å². The lowest BCUT2D eigenvalue weighted by atomic mass is 10.0. The molecule has 2 aromatic rings. The number of hydrogen-bond donors (Lipinski definition) is 0. The number of carbonyl (C=O) groups is 2. The van der Waals surface area contributed by atoms with Gasteiger partial charge in [0.15, 0.2) is 0 Å². The summed E-state index contributed by atoms with van der Waals surface area (Å²) in [7, 11) is 1.60. The Morgan fingerprint density at radius 2 is 1.76 bits per heavy atom. The third kappa shape index (κ3) is 4.27. The Morgan fingerprint density at radius 3 is 2.55 bits per heavy atom. The van der Waals surface area contributed by atoms with Gasteiger partial charge in [0.25, 0.3) is 5.91 Å². The number of carbonyl (C=O) groups excluding carboxylic acids is 2. The highest BCUT2D eigenvalue weighted by Crippen LogP contribution is 2.27. The number of methoxy groups -OCH3 is 1. The number of fused-ring (bicyclic) bond motifs is 1. The molecule has 0 saturated carbocycles. The first-order valence-corrected chi connectivity index (χ1v) is 10.2. The molecule has 2 aromatic carbocycles. The van der Waals surface area contributed by atoms with E-state index in [4.69, 9.17) is 4.74 Å². The number of benzene rings is 2. The lowest BCUT2D eigenvalue weighted by molar-refractivity contribution is -0.120. The zero-order valence-corrected chi connectivity index (χ0v) is 16.8. The Morgan fingerprint density at radius 1 is 0.966 bits per heavy atom. The number of para-hydroxylation sites is 1. The topological polar surface area (TPSA) is 53.1 Å². The van der Waals surface area contributed by atoms with Crippen LogP contribution in [0.15, 0.2) is 48.5 Å². The number of piperazine rings is 1. The third-order valence-electron chi connectivity index (χ3n) is 5.75. The van der Waals surface area contributed by atoms with Crippen molar-refractivity contribution in [1.29, 1.82) is 0 Å². The largest absolute Gasteiger partial charge is 0.497 e. The molecule has 0 N–H and O–H groups in total. The molecule has 2 heterocycles. The number of anilines is 1. The number of nitrogens with zero attached hydrogens (tertiary/aromatic N) is 3. The van der Waals surface area contributed by atoms with Crippen LogP contribution in [0.3, 0.4) is 0 Å². The van der Waals surface area contributed by atoms with Gasteiger partial charge in [-0.05, 0) is 42.7 Å². The highest BCUT2D eigenvalue weighted by Gasteiger charge is 2.27.